The van der Waals surface area contributed by atoms with E-state index in [4.69, 9.17) is 21.1 Å². The summed E-state index contributed by atoms with van der Waals surface area (Å²) in [4.78, 5) is 46.2. The first-order valence-electron chi connectivity index (χ1n) is 13.2. The van der Waals surface area contributed by atoms with Gasteiger partial charge in [0.05, 0.1) is 16.8 Å². The van der Waals surface area contributed by atoms with E-state index in [1.807, 2.05) is 64.9 Å². The number of hydrogen-bond acceptors (Lipinski definition) is 7. The lowest BCUT2D eigenvalue weighted by Crippen LogP contribution is -2.51. The van der Waals surface area contributed by atoms with Crippen molar-refractivity contribution >= 4 is 57.9 Å². The molecule has 1 amide bonds. The van der Waals surface area contributed by atoms with Crippen LogP contribution in [0.1, 0.15) is 31.2 Å². The van der Waals surface area contributed by atoms with Gasteiger partial charge in [-0.1, -0.05) is 48.0 Å². The molecule has 1 saturated heterocycles. The molecule has 1 fully saturated rings. The Hall–Kier alpha value is -4.40. The van der Waals surface area contributed by atoms with Crippen LogP contribution in [0.25, 0.3) is 6.08 Å². The maximum atomic E-state index is 14.9. The van der Waals surface area contributed by atoms with Gasteiger partial charge >= 0.3 is 0 Å². The van der Waals surface area contributed by atoms with Crippen molar-refractivity contribution in [2.24, 2.45) is 5.92 Å². The van der Waals surface area contributed by atoms with Crippen molar-refractivity contribution in [3.05, 3.63) is 111 Å². The monoisotopic (exact) mass is 580 g/mol. The van der Waals surface area contributed by atoms with Crippen molar-refractivity contribution in [2.45, 2.75) is 17.5 Å². The maximum absolute atomic E-state index is 14.9. The number of halogens is 1. The number of carbonyl (C=O) groups excluding carboxylic acids is 3. The van der Waals surface area contributed by atoms with Gasteiger partial charge in [0.2, 0.25) is 12.7 Å². The third-order valence-corrected chi connectivity index (χ3v) is 9.69. The van der Waals surface area contributed by atoms with Crippen LogP contribution in [0.15, 0.2) is 84.3 Å². The predicted octanol–water partition coefficient (Wildman–Crippen LogP) is 5.99. The van der Waals surface area contributed by atoms with E-state index < -0.39 is 23.4 Å². The Bertz CT molecular complexity index is 1820. The summed E-state index contributed by atoms with van der Waals surface area (Å²) in [5.74, 6) is -0.895. The Balaban J connectivity index is 1.41. The molecule has 9 heteroatoms. The van der Waals surface area contributed by atoms with E-state index in [-0.39, 0.29) is 24.3 Å². The summed E-state index contributed by atoms with van der Waals surface area (Å²) in [7, 11) is 0. The van der Waals surface area contributed by atoms with Gasteiger partial charge < -0.3 is 19.7 Å². The number of thiophene rings is 1. The van der Waals surface area contributed by atoms with Crippen LogP contribution >= 0.6 is 22.9 Å². The number of carbonyl (C=O) groups is 3. The highest BCUT2D eigenvalue weighted by molar-refractivity contribution is 7.12. The summed E-state index contributed by atoms with van der Waals surface area (Å²) in [6, 6.07) is 19.9. The molecular weight excluding hydrogens is 560 g/mol. The molecule has 0 unspecified atom stereocenters. The molecule has 4 aliphatic heterocycles. The minimum Gasteiger partial charge on any atom is -0.454 e. The normalized spacial score (nSPS) is 24.7. The summed E-state index contributed by atoms with van der Waals surface area (Å²) in [5, 5.41) is 5.44. The standard InChI is InChI=1S/C32H21ClN2O5S/c33-19-9-10-22-17(14-19)8-12-26-32(20-4-1-2-5-21(20)34-31(32)38)27(28(35(22)26)30(37)25-6-3-13-41-25)29(36)18-7-11-23-24(15-18)40-16-39-23/h1-15,26-28H,16H2,(H,34,38)/t26-,27+,28+,32-/m1/s1. The quantitative estimate of drug-likeness (QED) is 0.299. The van der Waals surface area contributed by atoms with E-state index in [1.165, 1.54) is 11.3 Å². The zero-order chi connectivity index (χ0) is 27.9. The van der Waals surface area contributed by atoms with Gasteiger partial charge in [0.25, 0.3) is 0 Å². The molecule has 41 heavy (non-hydrogen) atoms. The number of hydrogen-bond donors (Lipinski definition) is 1. The molecule has 7 nitrogen and oxygen atoms in total. The molecule has 202 valence electrons. The third kappa shape index (κ3) is 3.29. The number of ether oxygens (including phenoxy) is 2. The molecule has 5 heterocycles. The molecule has 0 bridgehead atoms. The molecule has 8 rings (SSSR count). The minimum atomic E-state index is -1.38. The number of para-hydroxylation sites is 1. The fourth-order valence-electron chi connectivity index (χ4n) is 6.94. The SMILES string of the molecule is O=C(c1cccs1)[C@@H]1[C@@H](C(=O)c2ccc3c(c2)OCO3)[C@]2(C(=O)Nc3ccccc32)[C@H]2C=Cc3cc(Cl)ccc3N12. The summed E-state index contributed by atoms with van der Waals surface area (Å²) in [6.07, 6.45) is 3.86. The van der Waals surface area contributed by atoms with Crippen LogP contribution in [0, 0.1) is 5.92 Å². The second kappa shape index (κ2) is 8.80. The molecule has 0 aliphatic carbocycles. The van der Waals surface area contributed by atoms with Crippen LogP contribution in [0.5, 0.6) is 11.5 Å². The van der Waals surface area contributed by atoms with Crippen LogP contribution in [-0.4, -0.2) is 36.4 Å². The smallest absolute Gasteiger partial charge is 0.238 e. The van der Waals surface area contributed by atoms with E-state index in [9.17, 15) is 14.4 Å². The molecule has 0 radical (unpaired) electrons. The summed E-state index contributed by atoms with van der Waals surface area (Å²) in [5.41, 5.74) is 1.86. The fraction of sp³-hybridized carbons (Fsp3) is 0.156. The lowest BCUT2D eigenvalue weighted by atomic mass is 9.64. The van der Waals surface area contributed by atoms with Gasteiger partial charge in [0, 0.05) is 22.0 Å². The zero-order valence-corrected chi connectivity index (χ0v) is 22.9. The Morgan fingerprint density at radius 1 is 0.976 bits per heavy atom. The Labute approximate surface area is 244 Å². The van der Waals surface area contributed by atoms with Crippen molar-refractivity contribution in [1.29, 1.82) is 0 Å². The van der Waals surface area contributed by atoms with E-state index in [1.54, 1.807) is 30.3 Å². The molecule has 4 aliphatic rings. The van der Waals surface area contributed by atoms with E-state index in [0.717, 1.165) is 11.3 Å². The van der Waals surface area contributed by atoms with Gasteiger partial charge in [0.15, 0.2) is 23.1 Å². The third-order valence-electron chi connectivity index (χ3n) is 8.57. The number of nitrogens with zero attached hydrogens (tertiary/aromatic N) is 1. The van der Waals surface area contributed by atoms with Crippen LogP contribution in [0.4, 0.5) is 11.4 Å². The summed E-state index contributed by atoms with van der Waals surface area (Å²) >= 11 is 7.68. The lowest BCUT2D eigenvalue weighted by molar-refractivity contribution is -0.121. The number of Topliss-reactive ketones (excluding diaryl/α,β-unsaturated/α-hetero) is 2. The molecule has 4 aromatic rings. The highest BCUT2D eigenvalue weighted by Crippen LogP contribution is 2.58. The van der Waals surface area contributed by atoms with E-state index >= 15 is 0 Å². The van der Waals surface area contributed by atoms with Crippen LogP contribution < -0.4 is 19.7 Å². The zero-order valence-electron chi connectivity index (χ0n) is 21.4. The predicted molar refractivity (Wildman–Crippen MR) is 156 cm³/mol. The van der Waals surface area contributed by atoms with Gasteiger partial charge in [-0.15, -0.1) is 11.3 Å². The molecule has 4 atom stereocenters. The molecular formula is C32H21ClN2O5S. The van der Waals surface area contributed by atoms with E-state index in [2.05, 4.69) is 5.32 Å². The highest BCUT2D eigenvalue weighted by atomic mass is 35.5. The second-order valence-electron chi connectivity index (χ2n) is 10.5. The number of rotatable bonds is 4. The topological polar surface area (TPSA) is 84.9 Å². The second-order valence-corrected chi connectivity index (χ2v) is 11.9. The largest absolute Gasteiger partial charge is 0.454 e. The molecule has 3 aromatic carbocycles. The van der Waals surface area contributed by atoms with Gasteiger partial charge in [-0.2, -0.15) is 0 Å². The Morgan fingerprint density at radius 3 is 2.68 bits per heavy atom. The van der Waals surface area contributed by atoms with Crippen molar-refractivity contribution in [1.82, 2.24) is 0 Å². The summed E-state index contributed by atoms with van der Waals surface area (Å²) in [6.45, 7) is 0.0651. The van der Waals surface area contributed by atoms with Crippen LogP contribution in [0.2, 0.25) is 5.02 Å². The van der Waals surface area contributed by atoms with Crippen molar-refractivity contribution < 1.29 is 23.9 Å². The first kappa shape index (κ1) is 24.4. The van der Waals surface area contributed by atoms with Gasteiger partial charge in [-0.05, 0) is 65.0 Å². The Morgan fingerprint density at radius 2 is 1.83 bits per heavy atom. The number of nitrogens with one attached hydrogen (secondary N) is 1. The highest BCUT2D eigenvalue weighted by Gasteiger charge is 2.70. The van der Waals surface area contributed by atoms with Crippen LogP contribution in [-0.2, 0) is 10.2 Å². The van der Waals surface area contributed by atoms with Crippen LogP contribution in [0.3, 0.4) is 0 Å². The fourth-order valence-corrected chi connectivity index (χ4v) is 7.82. The summed E-state index contributed by atoms with van der Waals surface area (Å²) < 4.78 is 11.0. The van der Waals surface area contributed by atoms with Crippen molar-refractivity contribution in [3.63, 3.8) is 0 Å². The molecule has 1 spiro atoms. The average molecular weight is 581 g/mol. The number of ketones is 2. The van der Waals surface area contributed by atoms with E-state index in [0.29, 0.717) is 38.2 Å². The number of amides is 1. The van der Waals surface area contributed by atoms with Gasteiger partial charge in [-0.3, -0.25) is 14.4 Å². The first-order valence-corrected chi connectivity index (χ1v) is 14.4. The van der Waals surface area contributed by atoms with Crippen molar-refractivity contribution in [3.8, 4) is 11.5 Å². The number of anilines is 2. The van der Waals surface area contributed by atoms with Gasteiger partial charge in [-0.25, -0.2) is 0 Å². The average Bonchev–Trinajstić information content (AvgIpc) is 3.78. The molecule has 1 N–H and O–H groups in total. The Kier molecular flexibility index (Phi) is 5.24. The molecule has 0 saturated carbocycles. The van der Waals surface area contributed by atoms with Gasteiger partial charge in [0.1, 0.15) is 11.5 Å². The minimum absolute atomic E-state index is 0.0651. The maximum Gasteiger partial charge on any atom is 0.238 e. The molecule has 1 aromatic heterocycles. The number of benzene rings is 3. The first-order chi connectivity index (χ1) is 20.0. The number of fused-ring (bicyclic) bond motifs is 7. The van der Waals surface area contributed by atoms with Crippen molar-refractivity contribution in [2.75, 3.05) is 17.0 Å². The lowest BCUT2D eigenvalue weighted by Gasteiger charge is -2.37.